The topological polar surface area (TPSA) is 61.6 Å². The van der Waals surface area contributed by atoms with Gasteiger partial charge in [0.05, 0.1) is 6.54 Å². The van der Waals surface area contributed by atoms with Gasteiger partial charge in [-0.25, -0.2) is 4.99 Å². The molecule has 0 aliphatic heterocycles. The van der Waals surface area contributed by atoms with E-state index in [1.54, 1.807) is 0 Å². The molecule has 0 radical (unpaired) electrons. The number of aromatic nitrogens is 1. The predicted molar refractivity (Wildman–Crippen MR) is 104 cm³/mol. The molecule has 22 heavy (non-hydrogen) atoms. The number of nitrogens with zero attached hydrogens (tertiary/aromatic N) is 2. The third kappa shape index (κ3) is 8.63. The maximum atomic E-state index is 9.11. The zero-order valence-corrected chi connectivity index (χ0v) is 16.3. The summed E-state index contributed by atoms with van der Waals surface area (Å²) >= 11 is 0. The van der Waals surface area contributed by atoms with Gasteiger partial charge in [-0.3, -0.25) is 0 Å². The van der Waals surface area contributed by atoms with Crippen LogP contribution in [0, 0.1) is 5.92 Å². The number of aliphatic hydroxyl groups excluding tert-OH is 1. The Labute approximate surface area is 151 Å². The second-order valence-electron chi connectivity index (χ2n) is 5.43. The molecule has 1 unspecified atom stereocenters. The lowest BCUT2D eigenvalue weighted by atomic mass is 10.0. The summed E-state index contributed by atoms with van der Waals surface area (Å²) in [6.45, 7) is 6.88. The highest BCUT2D eigenvalue weighted by molar-refractivity contribution is 14.0. The predicted octanol–water partition coefficient (Wildman–Crippen LogP) is 2.50. The minimum Gasteiger partial charge on any atom is -0.396 e. The van der Waals surface area contributed by atoms with E-state index in [9.17, 15) is 0 Å². The molecule has 1 aromatic heterocycles. The van der Waals surface area contributed by atoms with Crippen LogP contribution in [0.15, 0.2) is 23.5 Å². The first-order valence-corrected chi connectivity index (χ1v) is 7.93. The van der Waals surface area contributed by atoms with Gasteiger partial charge in [-0.1, -0.05) is 13.3 Å². The number of rotatable bonds is 9. The van der Waals surface area contributed by atoms with Crippen LogP contribution < -0.4 is 10.6 Å². The second kappa shape index (κ2) is 12.8. The van der Waals surface area contributed by atoms with Crippen molar-refractivity contribution >= 4 is 29.9 Å². The molecular weight excluding hydrogens is 391 g/mol. The molecule has 0 saturated carbocycles. The van der Waals surface area contributed by atoms with Crippen LogP contribution >= 0.6 is 24.0 Å². The Kier molecular flexibility index (Phi) is 12.3. The highest BCUT2D eigenvalue weighted by Crippen LogP contribution is 2.09. The molecule has 3 N–H and O–H groups in total. The number of hydrogen-bond donors (Lipinski definition) is 3. The number of nitrogens with one attached hydrogen (secondary N) is 2. The maximum absolute atomic E-state index is 9.11. The smallest absolute Gasteiger partial charge is 0.191 e. The molecule has 1 aromatic rings. The van der Waals surface area contributed by atoms with Crippen LogP contribution in [0.4, 0.5) is 0 Å². The van der Waals surface area contributed by atoms with Crippen molar-refractivity contribution in [1.82, 2.24) is 15.2 Å². The Balaban J connectivity index is 0.00000441. The van der Waals surface area contributed by atoms with E-state index >= 15 is 0 Å². The van der Waals surface area contributed by atoms with Gasteiger partial charge in [0.1, 0.15) is 0 Å². The number of guanidine groups is 1. The summed E-state index contributed by atoms with van der Waals surface area (Å²) in [7, 11) is 2.01. The average Bonchev–Trinajstić information content (AvgIpc) is 2.88. The molecule has 0 fully saturated rings. The number of halogens is 1. The molecule has 6 heteroatoms. The molecule has 0 spiro atoms. The fourth-order valence-corrected chi connectivity index (χ4v) is 2.35. The van der Waals surface area contributed by atoms with E-state index in [-0.39, 0.29) is 30.6 Å². The van der Waals surface area contributed by atoms with Gasteiger partial charge in [-0.2, -0.15) is 0 Å². The second-order valence-corrected chi connectivity index (χ2v) is 5.43. The summed E-state index contributed by atoms with van der Waals surface area (Å²) in [6.07, 6.45) is 7.23. The van der Waals surface area contributed by atoms with Crippen molar-refractivity contribution in [3.05, 3.63) is 24.0 Å². The Bertz CT molecular complexity index is 414. The van der Waals surface area contributed by atoms with Crippen LogP contribution in [0.5, 0.6) is 0 Å². The monoisotopic (exact) mass is 422 g/mol. The van der Waals surface area contributed by atoms with Crippen LogP contribution in [0.3, 0.4) is 0 Å². The number of aliphatic imine (C=N–C) groups is 1. The summed E-state index contributed by atoms with van der Waals surface area (Å²) in [5.74, 6) is 1.35. The lowest BCUT2D eigenvalue weighted by molar-refractivity contribution is 0.251. The van der Waals surface area contributed by atoms with Gasteiger partial charge in [0.2, 0.25) is 0 Å². The van der Waals surface area contributed by atoms with Gasteiger partial charge < -0.3 is 20.3 Å². The Morgan fingerprint density at radius 2 is 2.09 bits per heavy atom. The van der Waals surface area contributed by atoms with Crippen molar-refractivity contribution in [2.45, 2.75) is 39.7 Å². The average molecular weight is 422 g/mol. The Morgan fingerprint density at radius 1 is 1.32 bits per heavy atom. The summed E-state index contributed by atoms with van der Waals surface area (Å²) in [5.41, 5.74) is 1.20. The van der Waals surface area contributed by atoms with Gasteiger partial charge in [-0.05, 0) is 37.3 Å². The third-order valence-electron chi connectivity index (χ3n) is 3.45. The van der Waals surface area contributed by atoms with E-state index in [4.69, 9.17) is 5.11 Å². The normalized spacial score (nSPS) is 12.6. The van der Waals surface area contributed by atoms with E-state index < -0.39 is 0 Å². The fourth-order valence-electron chi connectivity index (χ4n) is 2.35. The Hall–Kier alpha value is -0.760. The lowest BCUT2D eigenvalue weighted by Crippen LogP contribution is -2.40. The highest BCUT2D eigenvalue weighted by Gasteiger charge is 2.08. The third-order valence-corrected chi connectivity index (χ3v) is 3.45. The zero-order valence-electron chi connectivity index (χ0n) is 14.0. The SMILES string of the molecule is CCCC(CCO)CNC(=NCc1ccn(C)c1)NCC.I. The van der Waals surface area contributed by atoms with Gasteiger partial charge in [0, 0.05) is 39.1 Å². The number of aryl methyl sites for hydroxylation is 1. The van der Waals surface area contributed by atoms with Crippen LogP contribution in [-0.4, -0.2) is 35.3 Å². The van der Waals surface area contributed by atoms with E-state index in [0.717, 1.165) is 38.3 Å². The summed E-state index contributed by atoms with van der Waals surface area (Å²) in [5, 5.41) is 15.8. The van der Waals surface area contributed by atoms with Crippen molar-refractivity contribution in [2.75, 3.05) is 19.7 Å². The molecule has 0 aromatic carbocycles. The summed E-state index contributed by atoms with van der Waals surface area (Å²) in [4.78, 5) is 4.61. The van der Waals surface area contributed by atoms with E-state index in [1.165, 1.54) is 5.56 Å². The van der Waals surface area contributed by atoms with Crippen molar-refractivity contribution in [3.63, 3.8) is 0 Å². The number of aliphatic hydroxyl groups is 1. The van der Waals surface area contributed by atoms with Gasteiger partial charge >= 0.3 is 0 Å². The van der Waals surface area contributed by atoms with Gasteiger partial charge in [0.15, 0.2) is 5.96 Å². The van der Waals surface area contributed by atoms with Crippen LogP contribution in [-0.2, 0) is 13.6 Å². The molecule has 0 bridgehead atoms. The molecule has 0 aliphatic carbocycles. The van der Waals surface area contributed by atoms with Crippen LogP contribution in [0.1, 0.15) is 38.7 Å². The van der Waals surface area contributed by atoms with Crippen LogP contribution in [0.2, 0.25) is 0 Å². The first-order valence-electron chi connectivity index (χ1n) is 7.93. The molecule has 0 aliphatic rings. The highest BCUT2D eigenvalue weighted by atomic mass is 127. The van der Waals surface area contributed by atoms with Crippen LogP contribution in [0.25, 0.3) is 0 Å². The van der Waals surface area contributed by atoms with Gasteiger partial charge in [0.25, 0.3) is 0 Å². The quantitative estimate of drug-likeness (QED) is 0.326. The van der Waals surface area contributed by atoms with Crippen molar-refractivity contribution in [2.24, 2.45) is 18.0 Å². The first kappa shape index (κ1) is 21.2. The Morgan fingerprint density at radius 3 is 2.64 bits per heavy atom. The summed E-state index contributed by atoms with van der Waals surface area (Å²) < 4.78 is 2.03. The zero-order chi connectivity index (χ0) is 15.5. The van der Waals surface area contributed by atoms with Crippen molar-refractivity contribution in [1.29, 1.82) is 0 Å². The lowest BCUT2D eigenvalue weighted by Gasteiger charge is -2.18. The fraction of sp³-hybridized carbons (Fsp3) is 0.688. The number of hydrogen-bond acceptors (Lipinski definition) is 2. The molecule has 128 valence electrons. The van der Waals surface area contributed by atoms with Crippen molar-refractivity contribution in [3.8, 4) is 0 Å². The minimum atomic E-state index is 0. The maximum Gasteiger partial charge on any atom is 0.191 e. The standard InChI is InChI=1S/C16H30N4O.HI/c1-4-6-14(8-10-21)11-18-16(17-5-2)19-12-15-7-9-20(3)13-15;/h7,9,13-14,21H,4-6,8,10-12H2,1-3H3,(H2,17,18,19);1H. The molecular formula is C16H31IN4O. The molecule has 1 atom stereocenters. The van der Waals surface area contributed by atoms with Crippen molar-refractivity contribution < 1.29 is 5.11 Å². The molecule has 0 saturated heterocycles. The molecule has 1 rings (SSSR count). The largest absolute Gasteiger partial charge is 0.396 e. The first-order chi connectivity index (χ1) is 10.2. The minimum absolute atomic E-state index is 0. The molecule has 0 amide bonds. The van der Waals surface area contributed by atoms with Gasteiger partial charge in [-0.15, -0.1) is 24.0 Å². The molecule has 5 nitrogen and oxygen atoms in total. The van der Waals surface area contributed by atoms with E-state index in [0.29, 0.717) is 12.5 Å². The van der Waals surface area contributed by atoms with E-state index in [1.807, 2.05) is 17.8 Å². The molecule has 1 heterocycles. The van der Waals surface area contributed by atoms with E-state index in [2.05, 4.69) is 41.7 Å². The summed E-state index contributed by atoms with van der Waals surface area (Å²) in [6, 6.07) is 2.08.